The molecule has 92 valence electrons. The molecule has 2 aliphatic heterocycles. The molecule has 18 heavy (non-hydrogen) atoms. The zero-order valence-electron chi connectivity index (χ0n) is 10.3. The van der Waals surface area contributed by atoms with Crippen molar-refractivity contribution in [3.63, 3.8) is 0 Å². The fourth-order valence-corrected chi connectivity index (χ4v) is 3.04. The van der Waals surface area contributed by atoms with Gasteiger partial charge in [0, 0.05) is 18.0 Å². The quantitative estimate of drug-likeness (QED) is 0.446. The first-order valence-corrected chi connectivity index (χ1v) is 6.13. The van der Waals surface area contributed by atoms with Crippen molar-refractivity contribution < 1.29 is 4.79 Å². The van der Waals surface area contributed by atoms with Gasteiger partial charge in [-0.3, -0.25) is 4.79 Å². The van der Waals surface area contributed by atoms with Crippen molar-refractivity contribution in [2.75, 3.05) is 18.0 Å². The smallest absolute Gasteiger partial charge is 0.237 e. The molecule has 0 saturated heterocycles. The number of hydrogen-bond acceptors (Lipinski definition) is 2. The second kappa shape index (κ2) is 3.75. The van der Waals surface area contributed by atoms with Crippen LogP contribution in [0.5, 0.6) is 0 Å². The number of para-hydroxylation sites is 1. The summed E-state index contributed by atoms with van der Waals surface area (Å²) in [4.78, 5) is 17.2. The van der Waals surface area contributed by atoms with Gasteiger partial charge in [0.1, 0.15) is 0 Å². The lowest BCUT2D eigenvalue weighted by molar-refractivity contribution is -0.122. The fourth-order valence-electron chi connectivity index (χ4n) is 3.04. The van der Waals surface area contributed by atoms with Gasteiger partial charge in [-0.15, -0.1) is 0 Å². The Bertz CT molecular complexity index is 576. The highest BCUT2D eigenvalue weighted by Crippen LogP contribution is 2.46. The van der Waals surface area contributed by atoms with Crippen LogP contribution >= 0.6 is 0 Å². The van der Waals surface area contributed by atoms with Crippen molar-refractivity contribution in [3.8, 4) is 0 Å². The van der Waals surface area contributed by atoms with Crippen LogP contribution < -0.4 is 4.90 Å². The van der Waals surface area contributed by atoms with Gasteiger partial charge in [-0.05, 0) is 36.4 Å². The summed E-state index contributed by atoms with van der Waals surface area (Å²) in [6.07, 6.45) is 2.02. The van der Waals surface area contributed by atoms with Crippen LogP contribution in [0.1, 0.15) is 24.5 Å². The summed E-state index contributed by atoms with van der Waals surface area (Å²) in [5.74, 6) is 0.0667. The fraction of sp³-hybridized carbons (Fsp3) is 0.462. The third kappa shape index (κ3) is 1.28. The van der Waals surface area contributed by atoms with Crippen molar-refractivity contribution in [2.24, 2.45) is 5.11 Å². The summed E-state index contributed by atoms with van der Waals surface area (Å²) < 4.78 is 0. The number of rotatable bonds is 2. The zero-order valence-corrected chi connectivity index (χ0v) is 10.3. The van der Waals surface area contributed by atoms with Gasteiger partial charge in [0.25, 0.3) is 0 Å². The van der Waals surface area contributed by atoms with Crippen LogP contribution in [0.25, 0.3) is 10.4 Å². The molecule has 0 bridgehead atoms. The molecule has 0 aromatic heterocycles. The molecule has 0 fully saturated rings. The van der Waals surface area contributed by atoms with E-state index in [0.717, 1.165) is 30.6 Å². The van der Waals surface area contributed by atoms with Gasteiger partial charge in [0.2, 0.25) is 5.91 Å². The predicted molar refractivity (Wildman–Crippen MR) is 68.5 cm³/mol. The van der Waals surface area contributed by atoms with Crippen LogP contribution in [0.2, 0.25) is 0 Å². The lowest BCUT2D eigenvalue weighted by Gasteiger charge is -2.25. The minimum absolute atomic E-state index is 0.0667. The van der Waals surface area contributed by atoms with Crippen LogP contribution in [-0.4, -0.2) is 19.0 Å². The number of hydrogen-bond donors (Lipinski definition) is 0. The molecule has 0 N–H and O–H groups in total. The van der Waals surface area contributed by atoms with Crippen molar-refractivity contribution in [1.29, 1.82) is 0 Å². The van der Waals surface area contributed by atoms with E-state index in [2.05, 4.69) is 16.1 Å². The molecule has 1 unspecified atom stereocenters. The van der Waals surface area contributed by atoms with Gasteiger partial charge in [-0.2, -0.15) is 0 Å². The standard InChI is InChI=1S/C13H14N4O/c1-13(8-15-16-14)10-6-2-4-9-5-3-7-17(11(9)10)12(13)18/h2,4,6H,3,5,7-8H2,1H3. The monoisotopic (exact) mass is 242 g/mol. The highest BCUT2D eigenvalue weighted by molar-refractivity contribution is 6.09. The van der Waals surface area contributed by atoms with E-state index in [9.17, 15) is 4.79 Å². The minimum Gasteiger partial charge on any atom is -0.311 e. The molecule has 2 heterocycles. The maximum Gasteiger partial charge on any atom is 0.237 e. The first-order valence-electron chi connectivity index (χ1n) is 6.13. The number of azide groups is 1. The molecule has 1 aromatic carbocycles. The second-order valence-electron chi connectivity index (χ2n) is 5.09. The van der Waals surface area contributed by atoms with Crippen LogP contribution in [0.3, 0.4) is 0 Å². The van der Waals surface area contributed by atoms with Crippen molar-refractivity contribution in [1.82, 2.24) is 0 Å². The van der Waals surface area contributed by atoms with E-state index in [1.807, 2.05) is 24.0 Å². The minimum atomic E-state index is -0.693. The maximum absolute atomic E-state index is 12.5. The van der Waals surface area contributed by atoms with Crippen molar-refractivity contribution in [2.45, 2.75) is 25.2 Å². The normalized spacial score (nSPS) is 24.7. The SMILES string of the molecule is CC1(CN=[N+]=[N-])C(=O)N2CCCc3cccc1c32. The van der Waals surface area contributed by atoms with E-state index in [0.29, 0.717) is 0 Å². The van der Waals surface area contributed by atoms with E-state index in [1.165, 1.54) is 5.56 Å². The summed E-state index contributed by atoms with van der Waals surface area (Å²) in [6.45, 7) is 2.84. The summed E-state index contributed by atoms with van der Waals surface area (Å²) in [5.41, 5.74) is 11.1. The number of anilines is 1. The number of aryl methyl sites for hydroxylation is 1. The molecule has 0 aliphatic carbocycles. The highest BCUT2D eigenvalue weighted by atomic mass is 16.2. The van der Waals surface area contributed by atoms with Crippen molar-refractivity contribution >= 4 is 11.6 Å². The van der Waals surface area contributed by atoms with Gasteiger partial charge < -0.3 is 4.90 Å². The summed E-state index contributed by atoms with van der Waals surface area (Å²) in [6, 6.07) is 6.05. The van der Waals surface area contributed by atoms with Gasteiger partial charge in [0.15, 0.2) is 0 Å². The predicted octanol–water partition coefficient (Wildman–Crippen LogP) is 2.55. The highest BCUT2D eigenvalue weighted by Gasteiger charge is 2.48. The van der Waals surface area contributed by atoms with E-state index >= 15 is 0 Å². The van der Waals surface area contributed by atoms with Crippen molar-refractivity contribution in [3.05, 3.63) is 39.8 Å². The molecule has 0 spiro atoms. The Kier molecular flexibility index (Phi) is 2.31. The molecule has 3 rings (SSSR count). The molecule has 1 amide bonds. The van der Waals surface area contributed by atoms with E-state index in [1.54, 1.807) is 0 Å². The molecule has 0 saturated carbocycles. The van der Waals surface area contributed by atoms with Gasteiger partial charge >= 0.3 is 0 Å². The zero-order chi connectivity index (χ0) is 12.8. The molecular formula is C13H14N4O. The van der Waals surface area contributed by atoms with Gasteiger partial charge in [-0.1, -0.05) is 23.3 Å². The maximum atomic E-state index is 12.5. The third-order valence-electron chi connectivity index (χ3n) is 3.98. The molecule has 2 aliphatic rings. The average Bonchev–Trinajstić information content (AvgIpc) is 2.62. The van der Waals surface area contributed by atoms with Gasteiger partial charge in [0.05, 0.1) is 11.1 Å². The Morgan fingerprint density at radius 1 is 1.56 bits per heavy atom. The summed E-state index contributed by atoms with van der Waals surface area (Å²) in [7, 11) is 0. The number of amides is 1. The number of benzene rings is 1. The second-order valence-corrected chi connectivity index (χ2v) is 5.09. The van der Waals surface area contributed by atoms with Gasteiger partial charge in [-0.25, -0.2) is 0 Å². The Labute approximate surface area is 105 Å². The first kappa shape index (κ1) is 11.1. The summed E-state index contributed by atoms with van der Waals surface area (Å²) in [5, 5.41) is 3.63. The molecule has 5 nitrogen and oxygen atoms in total. The number of carbonyl (C=O) groups excluding carboxylic acids is 1. The van der Waals surface area contributed by atoms with E-state index in [-0.39, 0.29) is 12.5 Å². The Morgan fingerprint density at radius 3 is 3.17 bits per heavy atom. The van der Waals surface area contributed by atoms with Crippen LogP contribution in [0, 0.1) is 0 Å². The Balaban J connectivity index is 2.19. The lowest BCUT2D eigenvalue weighted by Crippen LogP contribution is -2.41. The Morgan fingerprint density at radius 2 is 2.39 bits per heavy atom. The average molecular weight is 242 g/mol. The number of nitrogens with zero attached hydrogens (tertiary/aromatic N) is 4. The van der Waals surface area contributed by atoms with E-state index in [4.69, 9.17) is 5.53 Å². The first-order chi connectivity index (χ1) is 8.68. The Hall–Kier alpha value is -2.00. The largest absolute Gasteiger partial charge is 0.311 e. The number of carbonyl (C=O) groups is 1. The van der Waals surface area contributed by atoms with Crippen LogP contribution in [0.4, 0.5) is 5.69 Å². The molecular weight excluding hydrogens is 228 g/mol. The lowest BCUT2D eigenvalue weighted by atomic mass is 9.83. The topological polar surface area (TPSA) is 69.1 Å². The summed E-state index contributed by atoms with van der Waals surface area (Å²) >= 11 is 0. The van der Waals surface area contributed by atoms with Crippen LogP contribution in [-0.2, 0) is 16.6 Å². The molecule has 1 atom stereocenters. The van der Waals surface area contributed by atoms with E-state index < -0.39 is 5.41 Å². The molecule has 5 heteroatoms. The van der Waals surface area contributed by atoms with Crippen LogP contribution in [0.15, 0.2) is 23.3 Å². The molecule has 1 aromatic rings. The molecule has 0 radical (unpaired) electrons. The third-order valence-corrected chi connectivity index (χ3v) is 3.98.